The molecule has 4 saturated carbocycles. The number of rotatable bonds is 7. The first kappa shape index (κ1) is 36.7. The topological polar surface area (TPSA) is 3.24 Å². The van der Waals surface area contributed by atoms with E-state index in [2.05, 4.69) is 217 Å². The van der Waals surface area contributed by atoms with Crippen LogP contribution in [0, 0.1) is 23.7 Å². The van der Waals surface area contributed by atoms with E-state index in [0.717, 1.165) is 40.7 Å². The minimum absolute atomic E-state index is 0.206. The fourth-order valence-corrected chi connectivity index (χ4v) is 13.2. The van der Waals surface area contributed by atoms with E-state index in [9.17, 15) is 0 Å². The van der Waals surface area contributed by atoms with E-state index in [1.54, 1.807) is 11.1 Å². The molecule has 0 aliphatic heterocycles. The Morgan fingerprint density at radius 1 is 0.317 bits per heavy atom. The largest absolute Gasteiger partial charge is 0.311 e. The van der Waals surface area contributed by atoms with Gasteiger partial charge in [0.25, 0.3) is 0 Å². The molecule has 0 amide bonds. The molecular weight excluding hydrogens is 759 g/mol. The minimum atomic E-state index is 0.206. The fraction of sp³-hybridized carbons (Fsp3) is 0.161. The van der Waals surface area contributed by atoms with Crippen LogP contribution in [0.25, 0.3) is 66.4 Å². The van der Waals surface area contributed by atoms with Crippen molar-refractivity contribution in [2.45, 2.75) is 37.5 Å². The second-order valence-electron chi connectivity index (χ2n) is 18.9. The van der Waals surface area contributed by atoms with E-state index in [1.807, 2.05) is 0 Å². The molecule has 9 aromatic carbocycles. The van der Waals surface area contributed by atoms with Crippen molar-refractivity contribution in [3.8, 4) is 55.6 Å². The highest BCUT2D eigenvalue weighted by Crippen LogP contribution is 2.69. The van der Waals surface area contributed by atoms with Crippen molar-refractivity contribution in [2.24, 2.45) is 23.7 Å². The van der Waals surface area contributed by atoms with Crippen molar-refractivity contribution in [1.29, 1.82) is 0 Å². The molecule has 0 heterocycles. The molecule has 14 rings (SSSR count). The van der Waals surface area contributed by atoms with Crippen LogP contribution in [0.2, 0.25) is 0 Å². The highest BCUT2D eigenvalue weighted by molar-refractivity contribution is 5.97. The molecule has 9 aromatic rings. The van der Waals surface area contributed by atoms with Crippen molar-refractivity contribution in [3.05, 3.63) is 223 Å². The van der Waals surface area contributed by atoms with E-state index in [4.69, 9.17) is 0 Å². The molecule has 63 heavy (non-hydrogen) atoms. The maximum atomic E-state index is 2.55. The summed E-state index contributed by atoms with van der Waals surface area (Å²) in [4.78, 5) is 2.38. The van der Waals surface area contributed by atoms with Crippen LogP contribution < -0.4 is 4.90 Å². The summed E-state index contributed by atoms with van der Waals surface area (Å²) in [5.41, 5.74) is 19.7. The van der Waals surface area contributed by atoms with Gasteiger partial charge in [-0.15, -0.1) is 0 Å². The standard InChI is InChI=1S/C62H49N/c1-2-10-43(11-3-1)44-20-27-53(28-21-44)63(55-31-24-47(25-32-55)57-18-9-13-46-12-4-5-16-56(46)57)54-29-22-45(23-30-54)48-14-8-15-49(39-48)50-26-33-61-59(40-50)58-17-6-7-19-60(58)62(61)51-35-41-34-42(37-51)38-52(62)36-41/h1-33,39-42,51-52H,34-38H2. The van der Waals surface area contributed by atoms with Crippen molar-refractivity contribution in [1.82, 2.24) is 0 Å². The maximum absolute atomic E-state index is 2.55. The van der Waals surface area contributed by atoms with Crippen molar-refractivity contribution in [3.63, 3.8) is 0 Å². The van der Waals surface area contributed by atoms with E-state index in [-0.39, 0.29) is 5.41 Å². The third-order valence-corrected chi connectivity index (χ3v) is 15.7. The zero-order chi connectivity index (χ0) is 41.5. The smallest absolute Gasteiger partial charge is 0.0462 e. The van der Waals surface area contributed by atoms with E-state index in [1.165, 1.54) is 98.5 Å². The third-order valence-electron chi connectivity index (χ3n) is 15.7. The lowest BCUT2D eigenvalue weighted by Crippen LogP contribution is -2.55. The van der Waals surface area contributed by atoms with Gasteiger partial charge in [0.05, 0.1) is 0 Å². The Labute approximate surface area is 371 Å². The number of benzene rings is 9. The average molecular weight is 808 g/mol. The molecule has 1 spiro atoms. The van der Waals surface area contributed by atoms with Crippen LogP contribution in [0.3, 0.4) is 0 Å². The zero-order valence-corrected chi connectivity index (χ0v) is 35.5. The Kier molecular flexibility index (Phi) is 8.48. The lowest BCUT2D eigenvalue weighted by Gasteiger charge is -2.61. The molecule has 0 N–H and O–H groups in total. The highest BCUT2D eigenvalue weighted by atomic mass is 15.1. The summed E-state index contributed by atoms with van der Waals surface area (Å²) in [6.07, 6.45) is 7.15. The minimum Gasteiger partial charge on any atom is -0.311 e. The summed E-state index contributed by atoms with van der Waals surface area (Å²) in [6, 6.07) is 79.2. The van der Waals surface area contributed by atoms with Crippen LogP contribution in [0.15, 0.2) is 212 Å². The van der Waals surface area contributed by atoms with Gasteiger partial charge in [-0.25, -0.2) is 0 Å². The number of nitrogens with zero attached hydrogens (tertiary/aromatic N) is 1. The van der Waals surface area contributed by atoms with Crippen LogP contribution in [0.5, 0.6) is 0 Å². The quantitative estimate of drug-likeness (QED) is 0.155. The second-order valence-corrected chi connectivity index (χ2v) is 18.9. The molecule has 0 aromatic heterocycles. The van der Waals surface area contributed by atoms with Gasteiger partial charge in [-0.2, -0.15) is 0 Å². The molecular formula is C62H49N. The monoisotopic (exact) mass is 807 g/mol. The van der Waals surface area contributed by atoms with Gasteiger partial charge >= 0.3 is 0 Å². The molecule has 0 radical (unpaired) electrons. The average Bonchev–Trinajstić information content (AvgIpc) is 3.64. The molecule has 4 fully saturated rings. The predicted octanol–water partition coefficient (Wildman–Crippen LogP) is 16.7. The van der Waals surface area contributed by atoms with Gasteiger partial charge in [0.15, 0.2) is 0 Å². The first-order valence-electron chi connectivity index (χ1n) is 23.2. The van der Waals surface area contributed by atoms with Crippen LogP contribution in [0.4, 0.5) is 17.1 Å². The van der Waals surface area contributed by atoms with Crippen LogP contribution in [-0.2, 0) is 5.41 Å². The molecule has 302 valence electrons. The van der Waals surface area contributed by atoms with Gasteiger partial charge in [0.2, 0.25) is 0 Å². The van der Waals surface area contributed by atoms with Gasteiger partial charge in [-0.1, -0.05) is 164 Å². The molecule has 1 nitrogen and oxygen atoms in total. The lowest BCUT2D eigenvalue weighted by atomic mass is 9.43. The molecule has 0 saturated heterocycles. The van der Waals surface area contributed by atoms with Gasteiger partial charge in [0.1, 0.15) is 0 Å². The summed E-state index contributed by atoms with van der Waals surface area (Å²) in [6.45, 7) is 0. The Bertz CT molecular complexity index is 3120. The van der Waals surface area contributed by atoms with Crippen LogP contribution in [-0.4, -0.2) is 0 Å². The maximum Gasteiger partial charge on any atom is 0.0462 e. The van der Waals surface area contributed by atoms with Gasteiger partial charge in [-0.3, -0.25) is 0 Å². The fourth-order valence-electron chi connectivity index (χ4n) is 13.2. The molecule has 5 aliphatic rings. The number of hydrogen-bond acceptors (Lipinski definition) is 1. The Balaban J connectivity index is 0.839. The number of anilines is 3. The summed E-state index contributed by atoms with van der Waals surface area (Å²) in [5, 5.41) is 2.53. The normalized spacial score (nSPS) is 21.4. The van der Waals surface area contributed by atoms with Crippen LogP contribution in [0.1, 0.15) is 43.2 Å². The van der Waals surface area contributed by atoms with E-state index in [0.29, 0.717) is 0 Å². The van der Waals surface area contributed by atoms with Crippen molar-refractivity contribution >= 4 is 27.8 Å². The van der Waals surface area contributed by atoms with Gasteiger partial charge in [-0.05, 0) is 182 Å². The first-order valence-corrected chi connectivity index (χ1v) is 23.2. The third kappa shape index (κ3) is 5.90. The summed E-state index contributed by atoms with van der Waals surface area (Å²) >= 11 is 0. The summed E-state index contributed by atoms with van der Waals surface area (Å²) < 4.78 is 0. The van der Waals surface area contributed by atoms with Crippen molar-refractivity contribution < 1.29 is 0 Å². The molecule has 0 unspecified atom stereocenters. The van der Waals surface area contributed by atoms with Gasteiger partial charge < -0.3 is 4.90 Å². The number of fused-ring (bicyclic) bond motifs is 4. The van der Waals surface area contributed by atoms with E-state index >= 15 is 0 Å². The lowest BCUT2D eigenvalue weighted by molar-refractivity contribution is -0.0399. The molecule has 5 aliphatic carbocycles. The highest BCUT2D eigenvalue weighted by Gasteiger charge is 2.61. The first-order chi connectivity index (χ1) is 31.2. The summed E-state index contributed by atoms with van der Waals surface area (Å²) in [5.74, 6) is 3.47. The van der Waals surface area contributed by atoms with Gasteiger partial charge in [0, 0.05) is 22.5 Å². The Hall–Kier alpha value is -6.96. The van der Waals surface area contributed by atoms with Crippen molar-refractivity contribution in [2.75, 3.05) is 4.90 Å². The number of hydrogen-bond donors (Lipinski definition) is 0. The van der Waals surface area contributed by atoms with E-state index < -0.39 is 0 Å². The Morgan fingerprint density at radius 3 is 1.48 bits per heavy atom. The zero-order valence-electron chi connectivity index (χ0n) is 35.5. The SMILES string of the molecule is c1ccc(-c2ccc(N(c3ccc(-c4cccc(-c5ccc6c(c5)-c5ccccc5C65C6CC7CC(C6)CC5C7)c4)cc3)c3ccc(-c4cccc5ccccc45)cc3)cc2)cc1. The molecule has 0 atom stereocenters. The van der Waals surface area contributed by atoms with Crippen LogP contribution >= 0.6 is 0 Å². The summed E-state index contributed by atoms with van der Waals surface area (Å²) in [7, 11) is 0. The molecule has 4 bridgehead atoms. The second kappa shape index (κ2) is 14.6. The molecule has 1 heteroatoms. The Morgan fingerprint density at radius 2 is 0.778 bits per heavy atom. The predicted molar refractivity (Wildman–Crippen MR) is 264 cm³/mol.